The highest BCUT2D eigenvalue weighted by molar-refractivity contribution is 7.99. The zero-order valence-corrected chi connectivity index (χ0v) is 20.0. The van der Waals surface area contributed by atoms with E-state index in [4.69, 9.17) is 4.74 Å². The van der Waals surface area contributed by atoms with Crippen LogP contribution in [0, 0.1) is 0 Å². The molecule has 1 aliphatic rings. The molecule has 0 aliphatic carbocycles. The van der Waals surface area contributed by atoms with Gasteiger partial charge in [-0.05, 0) is 44.9 Å². The molecule has 0 fully saturated rings. The van der Waals surface area contributed by atoms with E-state index in [0.717, 1.165) is 4.31 Å². The largest absolute Gasteiger partial charge is 0.493 e. The minimum atomic E-state index is -4.00. The summed E-state index contributed by atoms with van der Waals surface area (Å²) in [5, 5.41) is 5.73. The average Bonchev–Trinajstić information content (AvgIpc) is 2.92. The molecule has 3 rings (SSSR count). The van der Waals surface area contributed by atoms with Crippen LogP contribution in [0.2, 0.25) is 0 Å². The lowest BCUT2D eigenvalue weighted by atomic mass is 10.1. The first-order valence-corrected chi connectivity index (χ1v) is 12.1. The molecule has 33 heavy (non-hydrogen) atoms. The minimum absolute atomic E-state index is 0.00745. The molecular formula is C24H29N3O5S. The molecule has 0 atom stereocenters. The number of carbonyl (C=O) groups is 2. The number of anilines is 1. The fourth-order valence-electron chi connectivity index (χ4n) is 3.57. The Balaban J connectivity index is 1.71. The molecule has 2 aromatic rings. The van der Waals surface area contributed by atoms with Crippen LogP contribution in [0.1, 0.15) is 39.7 Å². The van der Waals surface area contributed by atoms with Gasteiger partial charge in [0, 0.05) is 25.2 Å². The molecule has 0 unspecified atom stereocenters. The molecule has 2 amide bonds. The number of rotatable bonds is 8. The third-order valence-corrected chi connectivity index (χ3v) is 6.96. The van der Waals surface area contributed by atoms with Crippen LogP contribution in [0.3, 0.4) is 0 Å². The van der Waals surface area contributed by atoms with Crippen molar-refractivity contribution < 1.29 is 22.7 Å². The molecule has 0 spiro atoms. The van der Waals surface area contributed by atoms with Gasteiger partial charge < -0.3 is 15.4 Å². The molecule has 1 heterocycles. The van der Waals surface area contributed by atoms with Crippen molar-refractivity contribution in [2.75, 3.05) is 18.5 Å². The molecule has 0 bridgehead atoms. The standard InChI is InChI=1S/C24H29N3O5S/c1-17(28)26-19-12-8-13-20(16-19)32-15-9-14-25-21-22(18-10-6-5-7-11-18)33(30,31)27(23(21)29)24(2,3)4/h5-8,10-13,16,25H,9,14-15H2,1-4H3,(H,26,28). The molecule has 0 radical (unpaired) electrons. The summed E-state index contributed by atoms with van der Waals surface area (Å²) in [6, 6.07) is 15.7. The van der Waals surface area contributed by atoms with Crippen LogP contribution in [0.25, 0.3) is 4.91 Å². The van der Waals surface area contributed by atoms with E-state index >= 15 is 0 Å². The lowest BCUT2D eigenvalue weighted by molar-refractivity contribution is -0.125. The summed E-state index contributed by atoms with van der Waals surface area (Å²) in [6.45, 7) is 7.19. The van der Waals surface area contributed by atoms with Crippen LogP contribution in [0.4, 0.5) is 5.69 Å². The summed E-state index contributed by atoms with van der Waals surface area (Å²) in [4.78, 5) is 24.3. The molecule has 2 N–H and O–H groups in total. The number of hydrogen-bond donors (Lipinski definition) is 2. The Labute approximate surface area is 194 Å². The van der Waals surface area contributed by atoms with Crippen LogP contribution in [0.15, 0.2) is 60.3 Å². The first kappa shape index (κ1) is 24.3. The van der Waals surface area contributed by atoms with Gasteiger partial charge in [0.05, 0.1) is 12.1 Å². The molecule has 0 saturated heterocycles. The number of ether oxygens (including phenoxy) is 1. The summed E-state index contributed by atoms with van der Waals surface area (Å²) < 4.78 is 33.3. The number of carbonyl (C=O) groups excluding carboxylic acids is 2. The smallest absolute Gasteiger partial charge is 0.285 e. The van der Waals surface area contributed by atoms with Crippen LogP contribution < -0.4 is 15.4 Å². The molecular weight excluding hydrogens is 442 g/mol. The van der Waals surface area contributed by atoms with Crippen molar-refractivity contribution in [2.45, 2.75) is 39.7 Å². The topological polar surface area (TPSA) is 105 Å². The van der Waals surface area contributed by atoms with E-state index in [-0.39, 0.29) is 16.5 Å². The summed E-state index contributed by atoms with van der Waals surface area (Å²) in [5.74, 6) is -0.131. The summed E-state index contributed by atoms with van der Waals surface area (Å²) in [7, 11) is -4.00. The van der Waals surface area contributed by atoms with Crippen molar-refractivity contribution >= 4 is 32.4 Å². The van der Waals surface area contributed by atoms with Crippen LogP contribution in [-0.4, -0.2) is 43.2 Å². The van der Waals surface area contributed by atoms with E-state index in [2.05, 4.69) is 10.6 Å². The van der Waals surface area contributed by atoms with Crippen molar-refractivity contribution in [1.29, 1.82) is 0 Å². The van der Waals surface area contributed by atoms with Gasteiger partial charge in [0.15, 0.2) is 0 Å². The van der Waals surface area contributed by atoms with Crippen molar-refractivity contribution in [3.63, 3.8) is 0 Å². The van der Waals surface area contributed by atoms with E-state index < -0.39 is 21.5 Å². The number of benzene rings is 2. The molecule has 0 aromatic heterocycles. The second-order valence-electron chi connectivity index (χ2n) is 8.65. The van der Waals surface area contributed by atoms with Gasteiger partial charge in [-0.25, -0.2) is 12.7 Å². The summed E-state index contributed by atoms with van der Waals surface area (Å²) in [5.41, 5.74) is 0.274. The second-order valence-corrected chi connectivity index (χ2v) is 10.4. The lowest BCUT2D eigenvalue weighted by Crippen LogP contribution is -2.46. The number of hydrogen-bond acceptors (Lipinski definition) is 6. The summed E-state index contributed by atoms with van der Waals surface area (Å²) >= 11 is 0. The van der Waals surface area contributed by atoms with Gasteiger partial charge in [0.2, 0.25) is 5.91 Å². The van der Waals surface area contributed by atoms with Gasteiger partial charge in [-0.1, -0.05) is 36.4 Å². The Morgan fingerprint density at radius 2 is 1.76 bits per heavy atom. The van der Waals surface area contributed by atoms with E-state index in [1.54, 1.807) is 75.4 Å². The predicted octanol–water partition coefficient (Wildman–Crippen LogP) is 3.34. The number of nitrogens with zero attached hydrogens (tertiary/aromatic N) is 1. The maximum atomic E-state index is 13.3. The highest BCUT2D eigenvalue weighted by atomic mass is 32.2. The van der Waals surface area contributed by atoms with E-state index in [1.165, 1.54) is 6.92 Å². The van der Waals surface area contributed by atoms with E-state index in [9.17, 15) is 18.0 Å². The van der Waals surface area contributed by atoms with Crippen LogP contribution in [0.5, 0.6) is 5.75 Å². The van der Waals surface area contributed by atoms with Crippen LogP contribution in [-0.2, 0) is 19.6 Å². The Morgan fingerprint density at radius 3 is 2.39 bits per heavy atom. The van der Waals surface area contributed by atoms with Crippen molar-refractivity contribution in [3.8, 4) is 5.75 Å². The lowest BCUT2D eigenvalue weighted by Gasteiger charge is -2.30. The normalized spacial score (nSPS) is 15.5. The van der Waals surface area contributed by atoms with Gasteiger partial charge in [-0.15, -0.1) is 0 Å². The fraction of sp³-hybridized carbons (Fsp3) is 0.333. The SMILES string of the molecule is CC(=O)Nc1cccc(OCCCNC2=C(c3ccccc3)S(=O)(=O)N(C(C)(C)C)C2=O)c1. The summed E-state index contributed by atoms with van der Waals surface area (Å²) in [6.07, 6.45) is 0.527. The molecule has 1 aliphatic heterocycles. The van der Waals surface area contributed by atoms with E-state index in [0.29, 0.717) is 36.6 Å². The number of amides is 2. The second kappa shape index (κ2) is 9.66. The van der Waals surface area contributed by atoms with E-state index in [1.807, 2.05) is 0 Å². The minimum Gasteiger partial charge on any atom is -0.493 e. The van der Waals surface area contributed by atoms with Gasteiger partial charge in [-0.3, -0.25) is 9.59 Å². The maximum Gasteiger partial charge on any atom is 0.285 e. The zero-order chi connectivity index (χ0) is 24.2. The highest BCUT2D eigenvalue weighted by Gasteiger charge is 2.49. The zero-order valence-electron chi connectivity index (χ0n) is 19.2. The van der Waals surface area contributed by atoms with Gasteiger partial charge in [-0.2, -0.15) is 0 Å². The number of sulfonamides is 1. The Morgan fingerprint density at radius 1 is 1.06 bits per heavy atom. The first-order chi connectivity index (χ1) is 15.5. The maximum absolute atomic E-state index is 13.3. The Kier molecular flexibility index (Phi) is 7.12. The van der Waals surface area contributed by atoms with Gasteiger partial charge in [0.25, 0.3) is 15.9 Å². The van der Waals surface area contributed by atoms with Crippen molar-refractivity contribution in [1.82, 2.24) is 9.62 Å². The molecule has 176 valence electrons. The highest BCUT2D eigenvalue weighted by Crippen LogP contribution is 2.38. The fourth-order valence-corrected chi connectivity index (χ4v) is 5.64. The Hall–Kier alpha value is -3.33. The van der Waals surface area contributed by atoms with Crippen molar-refractivity contribution in [3.05, 3.63) is 65.9 Å². The van der Waals surface area contributed by atoms with Crippen LogP contribution >= 0.6 is 0 Å². The third kappa shape index (κ3) is 5.54. The molecule has 9 heteroatoms. The quantitative estimate of drug-likeness (QED) is 0.572. The Bertz CT molecular complexity index is 1170. The molecule has 2 aromatic carbocycles. The molecule has 0 saturated carbocycles. The average molecular weight is 472 g/mol. The first-order valence-electron chi connectivity index (χ1n) is 10.7. The monoisotopic (exact) mass is 471 g/mol. The molecule has 8 nitrogen and oxygen atoms in total. The van der Waals surface area contributed by atoms with Crippen molar-refractivity contribution in [2.24, 2.45) is 0 Å². The van der Waals surface area contributed by atoms with Gasteiger partial charge in [0.1, 0.15) is 16.4 Å². The predicted molar refractivity (Wildman–Crippen MR) is 128 cm³/mol. The third-order valence-electron chi connectivity index (χ3n) is 4.81. The van der Waals surface area contributed by atoms with Gasteiger partial charge >= 0.3 is 0 Å². The number of nitrogens with one attached hydrogen (secondary N) is 2.